The van der Waals surface area contributed by atoms with E-state index in [-0.39, 0.29) is 0 Å². The first-order valence-electron chi connectivity index (χ1n) is 11.7. The Hall–Kier alpha value is -3.33. The quantitative estimate of drug-likeness (QED) is 0.468. The molecule has 0 bridgehead atoms. The van der Waals surface area contributed by atoms with E-state index in [1.54, 1.807) is 0 Å². The molecule has 2 heterocycles. The van der Waals surface area contributed by atoms with Crippen molar-refractivity contribution in [1.82, 2.24) is 15.3 Å². The van der Waals surface area contributed by atoms with Crippen LogP contribution < -0.4 is 30.3 Å². The number of fused-ring (bicyclic) bond motifs is 2. The van der Waals surface area contributed by atoms with Gasteiger partial charge in [0.25, 0.3) is 0 Å². The molecule has 0 atom stereocenters. The lowest BCUT2D eigenvalue weighted by Crippen LogP contribution is -2.42. The molecule has 0 unspecified atom stereocenters. The van der Waals surface area contributed by atoms with Crippen molar-refractivity contribution in [1.29, 1.82) is 0 Å². The summed E-state index contributed by atoms with van der Waals surface area (Å²) < 4.78 is 11.2. The fraction of sp³-hybridized carbons (Fsp3) is 0.400. The monoisotopic (exact) mass is 478 g/mol. The van der Waals surface area contributed by atoms with Gasteiger partial charge >= 0.3 is 0 Å². The molecule has 9 heteroatoms. The molecule has 1 aliphatic heterocycles. The van der Waals surface area contributed by atoms with E-state index in [0.717, 1.165) is 59.6 Å². The highest BCUT2D eigenvalue weighted by molar-refractivity contribution is 7.80. The van der Waals surface area contributed by atoms with Gasteiger partial charge in [0, 0.05) is 43.3 Å². The second kappa shape index (κ2) is 9.89. The summed E-state index contributed by atoms with van der Waals surface area (Å²) in [4.78, 5) is 11.6. The van der Waals surface area contributed by atoms with Crippen molar-refractivity contribution in [3.8, 4) is 11.5 Å². The molecule has 3 N–H and O–H groups in total. The molecule has 178 valence electrons. The lowest BCUT2D eigenvalue weighted by molar-refractivity contribution is 0.171. The number of nitrogens with one attached hydrogen (secondary N) is 3. The van der Waals surface area contributed by atoms with Crippen LogP contribution in [0, 0.1) is 0 Å². The zero-order valence-electron chi connectivity index (χ0n) is 19.5. The molecule has 2 aliphatic rings. The van der Waals surface area contributed by atoms with Gasteiger partial charge in [0.1, 0.15) is 19.0 Å². The van der Waals surface area contributed by atoms with E-state index in [0.29, 0.717) is 36.4 Å². The van der Waals surface area contributed by atoms with E-state index >= 15 is 0 Å². The maximum Gasteiger partial charge on any atom is 0.225 e. The molecule has 5 rings (SSSR count). The van der Waals surface area contributed by atoms with Gasteiger partial charge in [-0.05, 0) is 62.2 Å². The Morgan fingerprint density at radius 1 is 0.941 bits per heavy atom. The first-order valence-corrected chi connectivity index (χ1v) is 12.1. The predicted molar refractivity (Wildman–Crippen MR) is 140 cm³/mol. The minimum Gasteiger partial charge on any atom is -0.486 e. The second-order valence-corrected chi connectivity index (χ2v) is 9.34. The molecule has 34 heavy (non-hydrogen) atoms. The van der Waals surface area contributed by atoms with Gasteiger partial charge in [-0.15, -0.1) is 0 Å². The number of aromatic nitrogens is 2. The zero-order chi connectivity index (χ0) is 23.5. The van der Waals surface area contributed by atoms with Crippen LogP contribution in [0.1, 0.15) is 25.7 Å². The molecule has 1 aliphatic carbocycles. The van der Waals surface area contributed by atoms with Gasteiger partial charge in [-0.1, -0.05) is 12.1 Å². The van der Waals surface area contributed by atoms with Gasteiger partial charge in [-0.3, -0.25) is 0 Å². The fourth-order valence-electron chi connectivity index (χ4n) is 4.50. The highest BCUT2D eigenvalue weighted by Crippen LogP contribution is 2.32. The lowest BCUT2D eigenvalue weighted by Gasteiger charge is -2.30. The van der Waals surface area contributed by atoms with E-state index < -0.39 is 0 Å². The van der Waals surface area contributed by atoms with Crippen LogP contribution in [-0.2, 0) is 0 Å². The fourth-order valence-corrected chi connectivity index (χ4v) is 4.79. The summed E-state index contributed by atoms with van der Waals surface area (Å²) in [6.45, 7) is 1.15. The number of benzene rings is 2. The molecular formula is C25H30N6O2S. The average Bonchev–Trinajstić information content (AvgIpc) is 2.84. The van der Waals surface area contributed by atoms with Crippen molar-refractivity contribution in [3.05, 3.63) is 42.5 Å². The normalized spacial score (nSPS) is 19.4. The van der Waals surface area contributed by atoms with Crippen LogP contribution in [0.2, 0.25) is 0 Å². The van der Waals surface area contributed by atoms with Crippen LogP contribution >= 0.6 is 12.2 Å². The smallest absolute Gasteiger partial charge is 0.225 e. The van der Waals surface area contributed by atoms with Gasteiger partial charge < -0.3 is 30.3 Å². The predicted octanol–water partition coefficient (Wildman–Crippen LogP) is 4.18. The summed E-state index contributed by atoms with van der Waals surface area (Å²) in [5.74, 6) is 3.14. The van der Waals surface area contributed by atoms with Crippen LogP contribution in [0.4, 0.5) is 17.5 Å². The van der Waals surface area contributed by atoms with Crippen LogP contribution in [0.25, 0.3) is 10.9 Å². The number of rotatable bonds is 5. The number of anilines is 3. The van der Waals surface area contributed by atoms with Crippen LogP contribution in [0.3, 0.4) is 0 Å². The Kier molecular flexibility index (Phi) is 6.53. The van der Waals surface area contributed by atoms with Crippen LogP contribution in [0.5, 0.6) is 11.5 Å². The Morgan fingerprint density at radius 2 is 1.68 bits per heavy atom. The number of ether oxygens (including phenoxy) is 2. The summed E-state index contributed by atoms with van der Waals surface area (Å²) in [5, 5.41) is 12.0. The molecule has 3 aromatic rings. The molecule has 2 aromatic carbocycles. The maximum absolute atomic E-state index is 5.65. The number of para-hydroxylation sites is 1. The second-order valence-electron chi connectivity index (χ2n) is 8.93. The molecule has 1 fully saturated rings. The molecule has 0 radical (unpaired) electrons. The maximum atomic E-state index is 5.65. The number of nitrogens with zero attached hydrogens (tertiary/aromatic N) is 3. The number of hydrogen-bond acceptors (Lipinski definition) is 7. The third-order valence-corrected chi connectivity index (χ3v) is 6.42. The zero-order valence-corrected chi connectivity index (χ0v) is 20.3. The van der Waals surface area contributed by atoms with Crippen molar-refractivity contribution >= 4 is 45.7 Å². The largest absolute Gasteiger partial charge is 0.486 e. The lowest BCUT2D eigenvalue weighted by atomic mass is 9.91. The van der Waals surface area contributed by atoms with Crippen molar-refractivity contribution in [3.63, 3.8) is 0 Å². The van der Waals surface area contributed by atoms with Crippen LogP contribution in [0.15, 0.2) is 42.5 Å². The molecule has 0 saturated heterocycles. The van der Waals surface area contributed by atoms with Crippen molar-refractivity contribution in [2.24, 2.45) is 0 Å². The molecule has 0 spiro atoms. The Morgan fingerprint density at radius 3 is 2.47 bits per heavy atom. The van der Waals surface area contributed by atoms with E-state index in [4.69, 9.17) is 31.7 Å². The van der Waals surface area contributed by atoms with E-state index in [1.165, 1.54) is 0 Å². The standard InChI is InChI=1S/C25H30N6O2S/c1-31(2)23-19-5-3-4-6-20(19)29-24(30-23)26-16-7-9-17(10-8-16)27-25(34)28-18-11-12-21-22(15-18)33-14-13-32-21/h3-6,11-12,15-17H,7-10,13-14H2,1-2H3,(H,26,29,30)(H2,27,28,34)/t16-,17+. The molecule has 1 aromatic heterocycles. The van der Waals surface area contributed by atoms with E-state index in [1.807, 2.05) is 55.4 Å². The summed E-state index contributed by atoms with van der Waals surface area (Å²) in [6.07, 6.45) is 4.10. The topological polar surface area (TPSA) is 83.6 Å². The first-order chi connectivity index (χ1) is 16.5. The van der Waals surface area contributed by atoms with E-state index in [9.17, 15) is 0 Å². The van der Waals surface area contributed by atoms with Gasteiger partial charge in [-0.2, -0.15) is 4.98 Å². The highest BCUT2D eigenvalue weighted by Gasteiger charge is 2.23. The van der Waals surface area contributed by atoms with Crippen LogP contribution in [-0.4, -0.2) is 54.5 Å². The van der Waals surface area contributed by atoms with E-state index in [2.05, 4.69) is 22.0 Å². The molecule has 0 amide bonds. The van der Waals surface area contributed by atoms with Crippen molar-refractivity contribution in [2.75, 3.05) is 42.8 Å². The summed E-state index contributed by atoms with van der Waals surface area (Å²) >= 11 is 5.55. The van der Waals surface area contributed by atoms with Crippen molar-refractivity contribution in [2.45, 2.75) is 37.8 Å². The summed E-state index contributed by atoms with van der Waals surface area (Å²) in [5.41, 5.74) is 1.84. The Labute approximate surface area is 205 Å². The Balaban J connectivity index is 1.14. The molecular weight excluding hydrogens is 448 g/mol. The highest BCUT2D eigenvalue weighted by atomic mass is 32.1. The van der Waals surface area contributed by atoms with Gasteiger partial charge in [0.15, 0.2) is 16.6 Å². The average molecular weight is 479 g/mol. The first kappa shape index (κ1) is 22.5. The van der Waals surface area contributed by atoms with Gasteiger partial charge in [-0.25, -0.2) is 4.98 Å². The number of thiocarbonyl (C=S) groups is 1. The van der Waals surface area contributed by atoms with Gasteiger partial charge in [0.05, 0.1) is 5.52 Å². The molecule has 8 nitrogen and oxygen atoms in total. The third-order valence-electron chi connectivity index (χ3n) is 6.20. The minimum absolute atomic E-state index is 0.338. The SMILES string of the molecule is CN(C)c1nc(N[C@H]2CC[C@@H](NC(=S)Nc3ccc4c(c3)OCCO4)CC2)nc2ccccc12. The Bertz CT molecular complexity index is 1180. The van der Waals surface area contributed by atoms with Gasteiger partial charge in [0.2, 0.25) is 5.95 Å². The third kappa shape index (κ3) is 5.09. The molecule has 1 saturated carbocycles. The minimum atomic E-state index is 0.338. The summed E-state index contributed by atoms with van der Waals surface area (Å²) in [7, 11) is 4.02. The summed E-state index contributed by atoms with van der Waals surface area (Å²) in [6, 6.07) is 14.6. The number of hydrogen-bond donors (Lipinski definition) is 3. The van der Waals surface area contributed by atoms with Crippen molar-refractivity contribution < 1.29 is 9.47 Å².